The van der Waals surface area contributed by atoms with E-state index in [1.54, 1.807) is 36.4 Å². The van der Waals surface area contributed by atoms with Gasteiger partial charge in [0, 0.05) is 11.3 Å². The average Bonchev–Trinajstić information content (AvgIpc) is 2.72. The number of sulfonamides is 1. The van der Waals surface area contributed by atoms with Gasteiger partial charge in [-0.3, -0.25) is 9.52 Å². The SMILES string of the molecule is CC(C)Oc1ccc(C(=O)Nc2ccc(S(=O)(=O)Nc3cccc(Cl)c3Cl)cc2)cc1. The summed E-state index contributed by atoms with van der Waals surface area (Å²) in [5.74, 6) is 0.351. The molecule has 0 saturated carbocycles. The van der Waals surface area contributed by atoms with E-state index in [1.807, 2.05) is 13.8 Å². The predicted molar refractivity (Wildman–Crippen MR) is 124 cm³/mol. The Bertz CT molecular complexity index is 1180. The van der Waals surface area contributed by atoms with E-state index in [4.69, 9.17) is 27.9 Å². The Labute approximate surface area is 191 Å². The Morgan fingerprint density at radius 1 is 0.935 bits per heavy atom. The van der Waals surface area contributed by atoms with Crippen molar-refractivity contribution in [1.82, 2.24) is 0 Å². The lowest BCUT2D eigenvalue weighted by Crippen LogP contribution is -2.14. The Hall–Kier alpha value is -2.74. The zero-order valence-corrected chi connectivity index (χ0v) is 19.1. The molecule has 6 nitrogen and oxygen atoms in total. The minimum atomic E-state index is -3.88. The molecule has 0 atom stereocenters. The number of ether oxygens (including phenoxy) is 1. The fraction of sp³-hybridized carbons (Fsp3) is 0.136. The summed E-state index contributed by atoms with van der Waals surface area (Å²) in [4.78, 5) is 12.4. The van der Waals surface area contributed by atoms with Crippen LogP contribution in [-0.2, 0) is 10.0 Å². The molecule has 0 saturated heterocycles. The van der Waals surface area contributed by atoms with E-state index in [-0.39, 0.29) is 32.6 Å². The maximum atomic E-state index is 12.6. The van der Waals surface area contributed by atoms with Gasteiger partial charge in [-0.15, -0.1) is 0 Å². The van der Waals surface area contributed by atoms with E-state index in [9.17, 15) is 13.2 Å². The van der Waals surface area contributed by atoms with Crippen molar-refractivity contribution in [2.75, 3.05) is 10.0 Å². The predicted octanol–water partition coefficient (Wildman–Crippen LogP) is 5.83. The molecule has 3 aromatic rings. The number of benzene rings is 3. The van der Waals surface area contributed by atoms with Crippen molar-refractivity contribution >= 4 is 50.5 Å². The normalized spacial score (nSPS) is 11.3. The van der Waals surface area contributed by atoms with E-state index < -0.39 is 10.0 Å². The molecule has 31 heavy (non-hydrogen) atoms. The summed E-state index contributed by atoms with van der Waals surface area (Å²) in [6.07, 6.45) is 0.0406. The van der Waals surface area contributed by atoms with Gasteiger partial charge in [0.05, 0.1) is 26.7 Å². The van der Waals surface area contributed by atoms with Crippen LogP contribution < -0.4 is 14.8 Å². The lowest BCUT2D eigenvalue weighted by Gasteiger charge is -2.12. The number of nitrogens with one attached hydrogen (secondary N) is 2. The van der Waals surface area contributed by atoms with E-state index in [0.717, 1.165) is 0 Å². The Morgan fingerprint density at radius 3 is 2.19 bits per heavy atom. The molecule has 0 radical (unpaired) electrons. The second-order valence-electron chi connectivity index (χ2n) is 6.88. The molecule has 9 heteroatoms. The fourth-order valence-corrected chi connectivity index (χ4v) is 4.14. The number of carbonyl (C=O) groups is 1. The van der Waals surface area contributed by atoms with Gasteiger partial charge in [0.2, 0.25) is 0 Å². The van der Waals surface area contributed by atoms with Gasteiger partial charge in [-0.05, 0) is 74.5 Å². The smallest absolute Gasteiger partial charge is 0.261 e. The summed E-state index contributed by atoms with van der Waals surface area (Å²) in [6, 6.07) is 17.2. The van der Waals surface area contributed by atoms with Crippen molar-refractivity contribution in [2.45, 2.75) is 24.8 Å². The third-order valence-electron chi connectivity index (χ3n) is 4.11. The van der Waals surface area contributed by atoms with Crippen molar-refractivity contribution < 1.29 is 17.9 Å². The van der Waals surface area contributed by atoms with Crippen molar-refractivity contribution in [3.05, 3.63) is 82.3 Å². The van der Waals surface area contributed by atoms with Crippen LogP contribution in [0.15, 0.2) is 71.6 Å². The van der Waals surface area contributed by atoms with Crippen molar-refractivity contribution in [1.29, 1.82) is 0 Å². The minimum Gasteiger partial charge on any atom is -0.491 e. The summed E-state index contributed by atoms with van der Waals surface area (Å²) >= 11 is 12.0. The standard InChI is InChI=1S/C22H20Cl2N2O4S/c1-14(2)30-17-10-6-15(7-11-17)22(27)25-16-8-12-18(13-9-16)31(28,29)26-20-5-3-4-19(23)21(20)24/h3-14,26H,1-2H3,(H,25,27). The Morgan fingerprint density at radius 2 is 1.58 bits per heavy atom. The first-order valence-electron chi connectivity index (χ1n) is 9.30. The third-order valence-corrected chi connectivity index (χ3v) is 6.31. The van der Waals surface area contributed by atoms with Gasteiger partial charge >= 0.3 is 0 Å². The second-order valence-corrected chi connectivity index (χ2v) is 9.34. The van der Waals surface area contributed by atoms with Gasteiger partial charge in [0.1, 0.15) is 5.75 Å². The topological polar surface area (TPSA) is 84.5 Å². The second kappa shape index (κ2) is 9.60. The van der Waals surface area contributed by atoms with Gasteiger partial charge in [-0.1, -0.05) is 29.3 Å². The van der Waals surface area contributed by atoms with Gasteiger partial charge in [-0.25, -0.2) is 8.42 Å². The number of hydrogen-bond donors (Lipinski definition) is 2. The van der Waals surface area contributed by atoms with Crippen LogP contribution in [0.2, 0.25) is 10.0 Å². The van der Waals surface area contributed by atoms with Crippen LogP contribution in [0.25, 0.3) is 0 Å². The molecule has 3 aromatic carbocycles. The van der Waals surface area contributed by atoms with E-state index >= 15 is 0 Å². The molecule has 0 bridgehead atoms. The number of halogens is 2. The maximum absolute atomic E-state index is 12.6. The highest BCUT2D eigenvalue weighted by molar-refractivity contribution is 7.92. The highest BCUT2D eigenvalue weighted by atomic mass is 35.5. The highest BCUT2D eigenvalue weighted by Crippen LogP contribution is 2.31. The molecule has 162 valence electrons. The lowest BCUT2D eigenvalue weighted by molar-refractivity contribution is 0.102. The molecule has 0 aliphatic carbocycles. The van der Waals surface area contributed by atoms with Gasteiger partial charge in [-0.2, -0.15) is 0 Å². The first-order chi connectivity index (χ1) is 14.7. The quantitative estimate of drug-likeness (QED) is 0.446. The van der Waals surface area contributed by atoms with Gasteiger partial charge in [0.15, 0.2) is 0 Å². The first-order valence-corrected chi connectivity index (χ1v) is 11.5. The molecular formula is C22H20Cl2N2O4S. The largest absolute Gasteiger partial charge is 0.491 e. The molecule has 0 aromatic heterocycles. The van der Waals surface area contributed by atoms with Gasteiger partial charge in [0.25, 0.3) is 15.9 Å². The van der Waals surface area contributed by atoms with E-state index in [1.165, 1.54) is 30.3 Å². The number of carbonyl (C=O) groups excluding carboxylic acids is 1. The third kappa shape index (κ3) is 5.91. The number of rotatable bonds is 7. The molecule has 0 unspecified atom stereocenters. The monoisotopic (exact) mass is 478 g/mol. The molecule has 0 aliphatic rings. The molecule has 0 heterocycles. The molecule has 3 rings (SSSR count). The summed E-state index contributed by atoms with van der Waals surface area (Å²) in [6.45, 7) is 3.84. The van der Waals surface area contributed by atoms with Crippen molar-refractivity contribution in [3.8, 4) is 5.75 Å². The minimum absolute atomic E-state index is 0.0109. The highest BCUT2D eigenvalue weighted by Gasteiger charge is 2.17. The van der Waals surface area contributed by atoms with Crippen molar-refractivity contribution in [2.24, 2.45) is 0 Å². The molecular weight excluding hydrogens is 459 g/mol. The van der Waals surface area contributed by atoms with Crippen LogP contribution in [0.4, 0.5) is 11.4 Å². The summed E-state index contributed by atoms with van der Waals surface area (Å²) in [5.41, 5.74) is 1.08. The molecule has 2 N–H and O–H groups in total. The zero-order chi connectivity index (χ0) is 22.6. The van der Waals surface area contributed by atoms with Crippen LogP contribution in [0.3, 0.4) is 0 Å². The van der Waals surface area contributed by atoms with Gasteiger partial charge < -0.3 is 10.1 Å². The fourth-order valence-electron chi connectivity index (χ4n) is 2.66. The molecule has 0 aliphatic heterocycles. The zero-order valence-electron chi connectivity index (χ0n) is 16.7. The molecule has 0 spiro atoms. The number of amides is 1. The first kappa shape index (κ1) is 22.9. The summed E-state index contributed by atoms with van der Waals surface area (Å²) in [7, 11) is -3.88. The molecule has 0 fully saturated rings. The Kier molecular flexibility index (Phi) is 7.10. The van der Waals surface area contributed by atoms with E-state index in [0.29, 0.717) is 17.0 Å². The number of hydrogen-bond acceptors (Lipinski definition) is 4. The average molecular weight is 479 g/mol. The lowest BCUT2D eigenvalue weighted by atomic mass is 10.2. The molecule has 1 amide bonds. The van der Waals surface area contributed by atoms with Crippen molar-refractivity contribution in [3.63, 3.8) is 0 Å². The summed E-state index contributed by atoms with van der Waals surface area (Å²) < 4.78 is 33.2. The number of anilines is 2. The van der Waals surface area contributed by atoms with Crippen LogP contribution in [0.1, 0.15) is 24.2 Å². The van der Waals surface area contributed by atoms with Crippen LogP contribution in [-0.4, -0.2) is 20.4 Å². The maximum Gasteiger partial charge on any atom is 0.261 e. The van der Waals surface area contributed by atoms with Crippen LogP contribution in [0.5, 0.6) is 5.75 Å². The van der Waals surface area contributed by atoms with Crippen LogP contribution >= 0.6 is 23.2 Å². The summed E-state index contributed by atoms with van der Waals surface area (Å²) in [5, 5.41) is 3.08. The van der Waals surface area contributed by atoms with Crippen LogP contribution in [0, 0.1) is 0 Å². The van der Waals surface area contributed by atoms with E-state index in [2.05, 4.69) is 10.0 Å². The Balaban J connectivity index is 1.69.